The van der Waals surface area contributed by atoms with Crippen LogP contribution in [0.5, 0.6) is 0 Å². The van der Waals surface area contributed by atoms with Crippen LogP contribution in [0.15, 0.2) is 29.2 Å². The molecule has 0 aliphatic heterocycles. The molecule has 1 aromatic rings. The summed E-state index contributed by atoms with van der Waals surface area (Å²) in [6, 6.07) is 4.95. The van der Waals surface area contributed by atoms with Crippen LogP contribution >= 0.6 is 0 Å². The van der Waals surface area contributed by atoms with Crippen molar-refractivity contribution in [1.29, 1.82) is 0 Å². The Bertz CT molecular complexity index is 547. The molecule has 0 saturated carbocycles. The summed E-state index contributed by atoms with van der Waals surface area (Å²) in [5, 5.41) is 5.67. The standard InChI is InChI=1S/C12H17F3N2O3S/c1-20-9-8-16-6-7-17-10-4-2-3-5-11(10)21(18,19)12(13,14)15/h2-5,16-17H,6-9H2,1H3. The average molecular weight is 326 g/mol. The molecule has 0 atom stereocenters. The van der Waals surface area contributed by atoms with Crippen molar-refractivity contribution in [1.82, 2.24) is 5.32 Å². The molecule has 0 spiro atoms. The van der Waals surface area contributed by atoms with E-state index in [1.54, 1.807) is 7.11 Å². The third-order valence-corrected chi connectivity index (χ3v) is 4.13. The lowest BCUT2D eigenvalue weighted by molar-refractivity contribution is -0.0435. The van der Waals surface area contributed by atoms with E-state index in [0.717, 1.165) is 6.07 Å². The summed E-state index contributed by atoms with van der Waals surface area (Å²) in [6.07, 6.45) is 0. The van der Waals surface area contributed by atoms with E-state index in [9.17, 15) is 21.6 Å². The molecule has 1 rings (SSSR count). The molecule has 0 saturated heterocycles. The predicted molar refractivity (Wildman–Crippen MR) is 72.9 cm³/mol. The van der Waals surface area contributed by atoms with Gasteiger partial charge in [0.1, 0.15) is 0 Å². The predicted octanol–water partition coefficient (Wildman–Crippen LogP) is 1.63. The zero-order valence-electron chi connectivity index (χ0n) is 11.4. The number of methoxy groups -OCH3 is 1. The molecule has 120 valence electrons. The summed E-state index contributed by atoms with van der Waals surface area (Å²) in [6.45, 7) is 1.86. The lowest BCUT2D eigenvalue weighted by atomic mass is 10.3. The van der Waals surface area contributed by atoms with Gasteiger partial charge in [0.15, 0.2) is 0 Å². The Labute approximate surface area is 121 Å². The van der Waals surface area contributed by atoms with Crippen molar-refractivity contribution in [3.05, 3.63) is 24.3 Å². The fraction of sp³-hybridized carbons (Fsp3) is 0.500. The zero-order valence-corrected chi connectivity index (χ0v) is 12.2. The van der Waals surface area contributed by atoms with Gasteiger partial charge in [0, 0.05) is 26.7 Å². The first-order valence-electron chi connectivity index (χ1n) is 6.14. The highest BCUT2D eigenvalue weighted by Gasteiger charge is 2.47. The van der Waals surface area contributed by atoms with Crippen LogP contribution in [0.3, 0.4) is 0 Å². The van der Waals surface area contributed by atoms with E-state index >= 15 is 0 Å². The summed E-state index contributed by atoms with van der Waals surface area (Å²) in [4.78, 5) is -0.769. The van der Waals surface area contributed by atoms with Crippen LogP contribution in [0.4, 0.5) is 18.9 Å². The van der Waals surface area contributed by atoms with Gasteiger partial charge in [-0.1, -0.05) is 12.1 Å². The SMILES string of the molecule is COCCNCCNc1ccccc1S(=O)(=O)C(F)(F)F. The van der Waals surface area contributed by atoms with E-state index in [4.69, 9.17) is 4.74 Å². The number of halogens is 3. The molecular weight excluding hydrogens is 309 g/mol. The molecule has 0 amide bonds. The minimum Gasteiger partial charge on any atom is -0.383 e. The topological polar surface area (TPSA) is 67.4 Å². The third-order valence-electron chi connectivity index (χ3n) is 2.58. The second-order valence-electron chi connectivity index (χ2n) is 4.11. The fourth-order valence-electron chi connectivity index (χ4n) is 1.56. The van der Waals surface area contributed by atoms with E-state index in [-0.39, 0.29) is 12.2 Å². The summed E-state index contributed by atoms with van der Waals surface area (Å²) in [7, 11) is -3.81. The molecule has 0 aliphatic rings. The zero-order chi connectivity index (χ0) is 15.9. The highest BCUT2D eigenvalue weighted by molar-refractivity contribution is 7.92. The minimum atomic E-state index is -5.36. The number of alkyl halides is 3. The first kappa shape index (κ1) is 17.7. The van der Waals surface area contributed by atoms with Crippen LogP contribution in [-0.2, 0) is 14.6 Å². The van der Waals surface area contributed by atoms with Crippen LogP contribution in [0.1, 0.15) is 0 Å². The Morgan fingerprint density at radius 1 is 1.14 bits per heavy atom. The Morgan fingerprint density at radius 2 is 1.81 bits per heavy atom. The van der Waals surface area contributed by atoms with Gasteiger partial charge >= 0.3 is 5.51 Å². The summed E-state index contributed by atoms with van der Waals surface area (Å²) in [5.41, 5.74) is -5.38. The molecule has 0 heterocycles. The van der Waals surface area contributed by atoms with Crippen LogP contribution in [0.2, 0.25) is 0 Å². The molecule has 21 heavy (non-hydrogen) atoms. The largest absolute Gasteiger partial charge is 0.501 e. The Morgan fingerprint density at radius 3 is 2.43 bits per heavy atom. The molecule has 0 bridgehead atoms. The van der Waals surface area contributed by atoms with Gasteiger partial charge in [-0.2, -0.15) is 13.2 Å². The van der Waals surface area contributed by atoms with Crippen molar-refractivity contribution in [3.63, 3.8) is 0 Å². The number of rotatable bonds is 8. The average Bonchev–Trinajstić information content (AvgIpc) is 2.42. The van der Waals surface area contributed by atoms with E-state index < -0.39 is 20.2 Å². The second-order valence-corrected chi connectivity index (χ2v) is 6.02. The maximum absolute atomic E-state index is 12.6. The van der Waals surface area contributed by atoms with Gasteiger partial charge in [-0.3, -0.25) is 0 Å². The van der Waals surface area contributed by atoms with E-state index in [2.05, 4.69) is 10.6 Å². The monoisotopic (exact) mass is 326 g/mol. The number of benzene rings is 1. The smallest absolute Gasteiger partial charge is 0.383 e. The molecule has 0 aromatic heterocycles. The number of nitrogens with one attached hydrogen (secondary N) is 2. The second kappa shape index (κ2) is 7.62. The van der Waals surface area contributed by atoms with E-state index in [0.29, 0.717) is 19.7 Å². The third kappa shape index (κ3) is 4.87. The molecule has 1 aromatic carbocycles. The first-order chi connectivity index (χ1) is 9.80. The van der Waals surface area contributed by atoms with Gasteiger partial charge in [0.2, 0.25) is 0 Å². The van der Waals surface area contributed by atoms with Gasteiger partial charge in [0.05, 0.1) is 17.2 Å². The van der Waals surface area contributed by atoms with Crippen molar-refractivity contribution < 1.29 is 26.3 Å². The highest BCUT2D eigenvalue weighted by Crippen LogP contribution is 2.33. The number of sulfone groups is 1. The van der Waals surface area contributed by atoms with Crippen molar-refractivity contribution in [2.24, 2.45) is 0 Å². The van der Waals surface area contributed by atoms with E-state index in [1.165, 1.54) is 18.2 Å². The molecule has 5 nitrogen and oxygen atoms in total. The molecule has 0 aliphatic carbocycles. The maximum Gasteiger partial charge on any atom is 0.501 e. The number of anilines is 1. The number of hydrogen-bond acceptors (Lipinski definition) is 5. The molecule has 0 radical (unpaired) electrons. The number of para-hydroxylation sites is 1. The lowest BCUT2D eigenvalue weighted by Crippen LogP contribution is -2.27. The fourth-order valence-corrected chi connectivity index (χ4v) is 2.49. The Balaban J connectivity index is 2.73. The maximum atomic E-state index is 12.6. The molecule has 0 unspecified atom stereocenters. The van der Waals surface area contributed by atoms with Crippen molar-refractivity contribution in [3.8, 4) is 0 Å². The number of hydrogen-bond donors (Lipinski definition) is 2. The van der Waals surface area contributed by atoms with Crippen LogP contribution in [0.25, 0.3) is 0 Å². The van der Waals surface area contributed by atoms with Crippen molar-refractivity contribution >= 4 is 15.5 Å². The van der Waals surface area contributed by atoms with Gasteiger partial charge in [-0.25, -0.2) is 8.42 Å². The Hall–Kier alpha value is -1.32. The van der Waals surface area contributed by atoms with Gasteiger partial charge < -0.3 is 15.4 Å². The first-order valence-corrected chi connectivity index (χ1v) is 7.63. The normalized spacial score (nSPS) is 12.4. The van der Waals surface area contributed by atoms with Gasteiger partial charge in [0.25, 0.3) is 9.84 Å². The Kier molecular flexibility index (Phi) is 6.43. The highest BCUT2D eigenvalue weighted by atomic mass is 32.2. The quantitative estimate of drug-likeness (QED) is 0.711. The molecule has 9 heteroatoms. The lowest BCUT2D eigenvalue weighted by Gasteiger charge is -2.14. The summed E-state index contributed by atoms with van der Waals surface area (Å²) >= 11 is 0. The van der Waals surface area contributed by atoms with Gasteiger partial charge in [-0.15, -0.1) is 0 Å². The summed E-state index contributed by atoms with van der Waals surface area (Å²) in [5.74, 6) is 0. The molecular formula is C12H17F3N2O3S. The van der Waals surface area contributed by atoms with Crippen molar-refractivity contribution in [2.45, 2.75) is 10.4 Å². The molecule has 0 fully saturated rings. The van der Waals surface area contributed by atoms with E-state index in [1.807, 2.05) is 0 Å². The minimum absolute atomic E-state index is 0.0663. The number of ether oxygens (including phenoxy) is 1. The summed E-state index contributed by atoms with van der Waals surface area (Å²) < 4.78 is 65.5. The van der Waals surface area contributed by atoms with Crippen LogP contribution < -0.4 is 10.6 Å². The van der Waals surface area contributed by atoms with Crippen LogP contribution in [-0.4, -0.2) is 47.3 Å². The van der Waals surface area contributed by atoms with Crippen LogP contribution in [0, 0.1) is 0 Å². The van der Waals surface area contributed by atoms with Crippen molar-refractivity contribution in [2.75, 3.05) is 38.7 Å². The molecule has 2 N–H and O–H groups in total. The van der Waals surface area contributed by atoms with Gasteiger partial charge in [-0.05, 0) is 12.1 Å².